The normalized spacial score (nSPS) is 12.8. The first-order chi connectivity index (χ1) is 12.7. The van der Waals surface area contributed by atoms with E-state index in [1.54, 1.807) is 27.9 Å². The van der Waals surface area contributed by atoms with Gasteiger partial charge in [-0.1, -0.05) is 6.07 Å². The molecule has 0 amide bonds. The summed E-state index contributed by atoms with van der Waals surface area (Å²) in [5.74, 6) is 0. The van der Waals surface area contributed by atoms with Gasteiger partial charge in [0, 0.05) is 18.8 Å². The average Bonchev–Trinajstić information content (AvgIpc) is 3.38. The van der Waals surface area contributed by atoms with Crippen LogP contribution in [0, 0.1) is 0 Å². The molecule has 8 heteroatoms. The number of hydrogen-bond donors (Lipinski definition) is 2. The number of aromatic amines is 1. The maximum atomic E-state index is 10.9. The summed E-state index contributed by atoms with van der Waals surface area (Å²) in [6, 6.07) is 9.41. The highest BCUT2D eigenvalue weighted by molar-refractivity contribution is 5.75. The van der Waals surface area contributed by atoms with Crippen LogP contribution in [0.1, 0.15) is 17.4 Å². The molecule has 0 bridgehead atoms. The van der Waals surface area contributed by atoms with Gasteiger partial charge in [-0.3, -0.25) is 4.68 Å². The Bertz CT molecular complexity index is 1230. The Morgan fingerprint density at radius 3 is 2.88 bits per heavy atom. The fraction of sp³-hybridized carbons (Fsp3) is 0.111. The van der Waals surface area contributed by atoms with Crippen LogP contribution in [0.15, 0.2) is 55.2 Å². The topological polar surface area (TPSA) is 96.9 Å². The second-order valence-corrected chi connectivity index (χ2v) is 6.16. The molecule has 0 saturated carbocycles. The molecule has 0 fully saturated rings. The van der Waals surface area contributed by atoms with E-state index >= 15 is 0 Å². The number of aryl methyl sites for hydroxylation is 1. The van der Waals surface area contributed by atoms with E-state index in [0.29, 0.717) is 11.3 Å². The van der Waals surface area contributed by atoms with Gasteiger partial charge in [0.1, 0.15) is 6.10 Å². The van der Waals surface area contributed by atoms with Crippen LogP contribution >= 0.6 is 0 Å². The maximum absolute atomic E-state index is 10.9. The molecule has 4 aromatic heterocycles. The molecule has 5 rings (SSSR count). The Morgan fingerprint density at radius 2 is 2.04 bits per heavy atom. The number of benzene rings is 1. The molecule has 128 valence electrons. The molecule has 1 unspecified atom stereocenters. The van der Waals surface area contributed by atoms with Crippen LogP contribution < -0.4 is 0 Å². The summed E-state index contributed by atoms with van der Waals surface area (Å²) in [5.41, 5.74) is 5.41. The van der Waals surface area contributed by atoms with E-state index in [4.69, 9.17) is 0 Å². The lowest BCUT2D eigenvalue weighted by Gasteiger charge is -2.11. The molecule has 0 radical (unpaired) electrons. The van der Waals surface area contributed by atoms with Crippen molar-refractivity contribution in [3.8, 4) is 11.3 Å². The summed E-state index contributed by atoms with van der Waals surface area (Å²) in [6.45, 7) is 0. The van der Waals surface area contributed by atoms with Gasteiger partial charge in [0.05, 0.1) is 41.1 Å². The minimum atomic E-state index is -0.859. The molecule has 0 saturated heterocycles. The Kier molecular flexibility index (Phi) is 3.13. The van der Waals surface area contributed by atoms with Gasteiger partial charge in [0.25, 0.3) is 0 Å². The monoisotopic (exact) mass is 345 g/mol. The summed E-state index contributed by atoms with van der Waals surface area (Å²) in [7, 11) is 1.86. The lowest BCUT2D eigenvalue weighted by Crippen LogP contribution is -2.06. The van der Waals surface area contributed by atoms with Crippen LogP contribution in [0.5, 0.6) is 0 Å². The smallest absolute Gasteiger partial charge is 0.153 e. The molecular formula is C18H15N7O. The standard InChI is InChI=1S/C18H15N7O/c1-24-9-12(7-22-24)13-4-5-17-19-8-16(25(17)23-13)18(26)11-2-3-14-15(6-11)21-10-20-14/h2-10,18,26H,1H3,(H,20,21). The zero-order valence-electron chi connectivity index (χ0n) is 13.9. The molecule has 0 spiro atoms. The minimum Gasteiger partial charge on any atom is -0.382 e. The van der Waals surface area contributed by atoms with Crippen LogP contribution in [0.2, 0.25) is 0 Å². The van der Waals surface area contributed by atoms with Crippen molar-refractivity contribution in [1.82, 2.24) is 34.3 Å². The highest BCUT2D eigenvalue weighted by Crippen LogP contribution is 2.25. The minimum absolute atomic E-state index is 0.598. The maximum Gasteiger partial charge on any atom is 0.153 e. The first-order valence-electron chi connectivity index (χ1n) is 8.14. The van der Waals surface area contributed by atoms with E-state index in [9.17, 15) is 5.11 Å². The SMILES string of the molecule is Cn1cc(-c2ccc3ncc(C(O)c4ccc5[nH]cnc5c4)n3n2)cn1. The predicted molar refractivity (Wildman–Crippen MR) is 95.3 cm³/mol. The highest BCUT2D eigenvalue weighted by atomic mass is 16.3. The Morgan fingerprint density at radius 1 is 1.12 bits per heavy atom. The Labute approximate surface area is 147 Å². The van der Waals surface area contributed by atoms with Crippen molar-refractivity contribution >= 4 is 16.7 Å². The number of aromatic nitrogens is 7. The second kappa shape index (κ2) is 5.50. The summed E-state index contributed by atoms with van der Waals surface area (Å²) in [4.78, 5) is 11.7. The van der Waals surface area contributed by atoms with Crippen molar-refractivity contribution in [1.29, 1.82) is 0 Å². The molecule has 2 N–H and O–H groups in total. The zero-order valence-corrected chi connectivity index (χ0v) is 13.9. The number of nitrogens with zero attached hydrogens (tertiary/aromatic N) is 6. The van der Waals surface area contributed by atoms with Gasteiger partial charge in [-0.25, -0.2) is 14.5 Å². The van der Waals surface area contributed by atoms with Crippen LogP contribution in [0.25, 0.3) is 27.9 Å². The number of imidazole rings is 2. The highest BCUT2D eigenvalue weighted by Gasteiger charge is 2.18. The second-order valence-electron chi connectivity index (χ2n) is 6.16. The van der Waals surface area contributed by atoms with Gasteiger partial charge in [0.15, 0.2) is 5.65 Å². The molecule has 0 aliphatic carbocycles. The average molecular weight is 345 g/mol. The van der Waals surface area contributed by atoms with Gasteiger partial charge < -0.3 is 10.1 Å². The number of H-pyrrole nitrogens is 1. The van der Waals surface area contributed by atoms with Crippen molar-refractivity contribution in [2.24, 2.45) is 7.05 Å². The quantitative estimate of drug-likeness (QED) is 0.522. The summed E-state index contributed by atoms with van der Waals surface area (Å²) >= 11 is 0. The van der Waals surface area contributed by atoms with E-state index in [1.165, 1.54) is 0 Å². The molecule has 1 atom stereocenters. The van der Waals surface area contributed by atoms with Crippen LogP contribution in [0.3, 0.4) is 0 Å². The van der Waals surface area contributed by atoms with Gasteiger partial charge in [-0.2, -0.15) is 10.2 Å². The number of rotatable bonds is 3. The van der Waals surface area contributed by atoms with Crippen LogP contribution in [-0.4, -0.2) is 39.5 Å². The number of aliphatic hydroxyl groups excluding tert-OH is 1. The van der Waals surface area contributed by atoms with Gasteiger partial charge in [0.2, 0.25) is 0 Å². The first-order valence-corrected chi connectivity index (χ1v) is 8.14. The summed E-state index contributed by atoms with van der Waals surface area (Å²) in [5, 5.41) is 19.7. The van der Waals surface area contributed by atoms with E-state index < -0.39 is 6.10 Å². The lowest BCUT2D eigenvalue weighted by molar-refractivity contribution is 0.213. The third kappa shape index (κ3) is 2.27. The zero-order chi connectivity index (χ0) is 17.7. The fourth-order valence-electron chi connectivity index (χ4n) is 3.07. The molecule has 4 heterocycles. The summed E-state index contributed by atoms with van der Waals surface area (Å²) in [6.07, 6.45) is 6.08. The molecule has 26 heavy (non-hydrogen) atoms. The van der Waals surface area contributed by atoms with Crippen molar-refractivity contribution < 1.29 is 5.11 Å². The summed E-state index contributed by atoms with van der Waals surface area (Å²) < 4.78 is 3.39. The molecule has 0 aliphatic heterocycles. The largest absolute Gasteiger partial charge is 0.382 e. The van der Waals surface area contributed by atoms with E-state index in [1.807, 2.05) is 43.6 Å². The molecule has 0 aliphatic rings. The molecule has 5 aromatic rings. The van der Waals surface area contributed by atoms with Crippen molar-refractivity contribution in [3.05, 3.63) is 66.5 Å². The molecule has 8 nitrogen and oxygen atoms in total. The predicted octanol–water partition coefficient (Wildman–Crippen LogP) is 2.09. The molecule has 1 aromatic carbocycles. The number of hydrogen-bond acceptors (Lipinski definition) is 5. The van der Waals surface area contributed by atoms with E-state index in [2.05, 4.69) is 25.1 Å². The van der Waals surface area contributed by atoms with Crippen molar-refractivity contribution in [2.45, 2.75) is 6.10 Å². The number of nitrogens with one attached hydrogen (secondary N) is 1. The van der Waals surface area contributed by atoms with Crippen molar-refractivity contribution in [3.63, 3.8) is 0 Å². The number of fused-ring (bicyclic) bond motifs is 2. The van der Waals surface area contributed by atoms with Gasteiger partial charge in [-0.05, 0) is 29.8 Å². The molecular weight excluding hydrogens is 330 g/mol. The van der Waals surface area contributed by atoms with E-state index in [-0.39, 0.29) is 0 Å². The number of aliphatic hydroxyl groups is 1. The lowest BCUT2D eigenvalue weighted by atomic mass is 10.1. The van der Waals surface area contributed by atoms with Crippen LogP contribution in [-0.2, 0) is 7.05 Å². The van der Waals surface area contributed by atoms with E-state index in [0.717, 1.165) is 27.9 Å². The van der Waals surface area contributed by atoms with Gasteiger partial charge in [-0.15, -0.1) is 0 Å². The third-order valence-corrected chi connectivity index (χ3v) is 4.43. The Hall–Kier alpha value is -3.52. The Balaban J connectivity index is 1.61. The van der Waals surface area contributed by atoms with Crippen LogP contribution in [0.4, 0.5) is 0 Å². The van der Waals surface area contributed by atoms with Gasteiger partial charge >= 0.3 is 0 Å². The third-order valence-electron chi connectivity index (χ3n) is 4.43. The fourth-order valence-corrected chi connectivity index (χ4v) is 3.07. The first kappa shape index (κ1) is 14.8. The van der Waals surface area contributed by atoms with Crippen molar-refractivity contribution in [2.75, 3.05) is 0 Å².